The molecule has 1 spiro atoms. The molecule has 0 aromatic heterocycles. The molecular weight excluding hydrogens is 300 g/mol. The number of ether oxygens (including phenoxy) is 1. The van der Waals surface area contributed by atoms with Gasteiger partial charge in [0.2, 0.25) is 5.91 Å². The maximum absolute atomic E-state index is 12.8. The number of para-hydroxylation sites is 1. The Kier molecular flexibility index (Phi) is 4.25. The molecule has 0 saturated carbocycles. The van der Waals surface area contributed by atoms with Gasteiger partial charge in [0.1, 0.15) is 11.4 Å². The Morgan fingerprint density at radius 3 is 2.75 bits per heavy atom. The maximum atomic E-state index is 12.8. The molecule has 24 heavy (non-hydrogen) atoms. The van der Waals surface area contributed by atoms with Crippen molar-refractivity contribution in [1.82, 2.24) is 9.80 Å². The monoisotopic (exact) mass is 328 g/mol. The molecule has 4 heteroatoms. The van der Waals surface area contributed by atoms with Crippen LogP contribution in [0.15, 0.2) is 24.3 Å². The number of likely N-dealkylation sites (tertiary alicyclic amines) is 2. The Bertz CT molecular complexity index is 607. The Hall–Kier alpha value is -1.55. The summed E-state index contributed by atoms with van der Waals surface area (Å²) in [6.45, 7) is 3.74. The van der Waals surface area contributed by atoms with E-state index in [0.717, 1.165) is 70.5 Å². The van der Waals surface area contributed by atoms with Gasteiger partial charge < -0.3 is 14.5 Å². The van der Waals surface area contributed by atoms with Gasteiger partial charge in [0.05, 0.1) is 5.92 Å². The quantitative estimate of drug-likeness (QED) is 0.795. The first-order chi connectivity index (χ1) is 11.7. The van der Waals surface area contributed by atoms with Gasteiger partial charge in [-0.15, -0.1) is 0 Å². The fourth-order valence-electron chi connectivity index (χ4n) is 4.57. The molecule has 2 saturated heterocycles. The van der Waals surface area contributed by atoms with E-state index < -0.39 is 0 Å². The van der Waals surface area contributed by atoms with E-state index in [4.69, 9.17) is 4.74 Å². The van der Waals surface area contributed by atoms with E-state index in [1.807, 2.05) is 0 Å². The number of benzene rings is 1. The van der Waals surface area contributed by atoms with E-state index in [0.29, 0.717) is 5.91 Å². The normalized spacial score (nSPS) is 26.7. The summed E-state index contributed by atoms with van der Waals surface area (Å²) in [6.07, 6.45) is 6.31. The van der Waals surface area contributed by atoms with E-state index >= 15 is 0 Å². The average Bonchev–Trinajstić information content (AvgIpc) is 2.62. The second-order valence-corrected chi connectivity index (χ2v) is 7.82. The third-order valence-electron chi connectivity index (χ3n) is 6.11. The molecule has 1 atom stereocenters. The lowest BCUT2D eigenvalue weighted by Gasteiger charge is -2.45. The molecule has 1 aromatic carbocycles. The molecule has 0 N–H and O–H groups in total. The topological polar surface area (TPSA) is 32.8 Å². The van der Waals surface area contributed by atoms with Crippen molar-refractivity contribution in [3.63, 3.8) is 0 Å². The van der Waals surface area contributed by atoms with Gasteiger partial charge in [0.15, 0.2) is 0 Å². The van der Waals surface area contributed by atoms with E-state index in [1.54, 1.807) is 0 Å². The van der Waals surface area contributed by atoms with Gasteiger partial charge in [-0.1, -0.05) is 18.2 Å². The Morgan fingerprint density at radius 1 is 1.17 bits per heavy atom. The lowest BCUT2D eigenvalue weighted by molar-refractivity contribution is -0.141. The number of hydrogen-bond donors (Lipinski definition) is 0. The highest BCUT2D eigenvalue weighted by molar-refractivity contribution is 5.79. The first-order valence-corrected chi connectivity index (χ1v) is 9.39. The number of nitrogens with zero attached hydrogens (tertiary/aromatic N) is 2. The first-order valence-electron chi connectivity index (χ1n) is 9.39. The van der Waals surface area contributed by atoms with E-state index in [9.17, 15) is 4.79 Å². The summed E-state index contributed by atoms with van der Waals surface area (Å²) < 4.78 is 6.40. The smallest absolute Gasteiger partial charge is 0.226 e. The fourth-order valence-corrected chi connectivity index (χ4v) is 4.57. The van der Waals surface area contributed by atoms with E-state index in [1.165, 1.54) is 5.56 Å². The van der Waals surface area contributed by atoms with Gasteiger partial charge in [-0.2, -0.15) is 0 Å². The average molecular weight is 328 g/mol. The highest BCUT2D eigenvalue weighted by Crippen LogP contribution is 2.39. The molecule has 3 heterocycles. The van der Waals surface area contributed by atoms with Crippen LogP contribution >= 0.6 is 0 Å². The number of fused-ring (bicyclic) bond motifs is 1. The molecule has 0 unspecified atom stereocenters. The van der Waals surface area contributed by atoms with E-state index in [-0.39, 0.29) is 11.5 Å². The Morgan fingerprint density at radius 2 is 1.96 bits per heavy atom. The minimum atomic E-state index is -0.0471. The van der Waals surface area contributed by atoms with Crippen LogP contribution in [0.5, 0.6) is 5.75 Å². The number of carbonyl (C=O) groups is 1. The molecular formula is C20H28N2O2. The second-order valence-electron chi connectivity index (χ2n) is 7.82. The van der Waals surface area contributed by atoms with Gasteiger partial charge in [-0.25, -0.2) is 0 Å². The highest BCUT2D eigenvalue weighted by Gasteiger charge is 2.41. The van der Waals surface area contributed by atoms with Gasteiger partial charge in [-0.3, -0.25) is 4.79 Å². The number of carbonyl (C=O) groups excluding carboxylic acids is 1. The third-order valence-corrected chi connectivity index (χ3v) is 6.11. The summed E-state index contributed by atoms with van der Waals surface area (Å²) in [5.41, 5.74) is 1.28. The first kappa shape index (κ1) is 15.9. The van der Waals surface area contributed by atoms with Gasteiger partial charge in [-0.05, 0) is 50.9 Å². The second kappa shape index (κ2) is 6.40. The van der Waals surface area contributed by atoms with Crippen LogP contribution in [0.3, 0.4) is 0 Å². The standard InChI is InChI=1S/C20H28N2O2/c1-21-12-4-6-17(15-21)19(23)22-13-10-20(11-14-22)9-8-16-5-2-3-7-18(16)24-20/h2-3,5,7,17H,4,6,8-15H2,1H3/t17-/m0/s1. The van der Waals surface area contributed by atoms with Crippen molar-refractivity contribution in [3.05, 3.63) is 29.8 Å². The molecule has 4 rings (SSSR count). The number of rotatable bonds is 1. The van der Waals surface area contributed by atoms with Crippen LogP contribution in [0.1, 0.15) is 37.7 Å². The van der Waals surface area contributed by atoms with Crippen molar-refractivity contribution in [2.45, 2.75) is 44.1 Å². The molecule has 1 aromatic rings. The Balaban J connectivity index is 1.38. The SMILES string of the molecule is CN1CCC[C@H](C(=O)N2CCC3(CCc4ccccc4O3)CC2)C1. The molecule has 4 nitrogen and oxygen atoms in total. The molecule has 2 fully saturated rings. The largest absolute Gasteiger partial charge is 0.487 e. The highest BCUT2D eigenvalue weighted by atomic mass is 16.5. The van der Waals surface area contributed by atoms with Crippen molar-refractivity contribution in [2.75, 3.05) is 33.2 Å². The number of aryl methyl sites for hydroxylation is 1. The van der Waals surface area contributed by atoms with Crippen molar-refractivity contribution in [1.29, 1.82) is 0 Å². The minimum Gasteiger partial charge on any atom is -0.487 e. The van der Waals surface area contributed by atoms with Crippen molar-refractivity contribution < 1.29 is 9.53 Å². The summed E-state index contributed by atoms with van der Waals surface area (Å²) in [7, 11) is 2.12. The van der Waals surface area contributed by atoms with Crippen molar-refractivity contribution in [2.24, 2.45) is 5.92 Å². The lowest BCUT2D eigenvalue weighted by Crippen LogP contribution is -2.53. The lowest BCUT2D eigenvalue weighted by atomic mass is 9.82. The van der Waals surface area contributed by atoms with Gasteiger partial charge >= 0.3 is 0 Å². The van der Waals surface area contributed by atoms with Crippen LogP contribution in [0.2, 0.25) is 0 Å². The number of piperidine rings is 2. The molecule has 130 valence electrons. The Labute approximate surface area is 144 Å². The third kappa shape index (κ3) is 3.04. The van der Waals surface area contributed by atoms with Crippen LogP contribution in [-0.4, -0.2) is 54.5 Å². The molecule has 3 aliphatic heterocycles. The molecule has 1 amide bonds. The van der Waals surface area contributed by atoms with Crippen LogP contribution < -0.4 is 4.74 Å². The van der Waals surface area contributed by atoms with Gasteiger partial charge in [0.25, 0.3) is 0 Å². The van der Waals surface area contributed by atoms with Crippen LogP contribution in [0, 0.1) is 5.92 Å². The molecule has 0 radical (unpaired) electrons. The molecule has 0 aliphatic carbocycles. The zero-order valence-corrected chi connectivity index (χ0v) is 14.7. The summed E-state index contributed by atoms with van der Waals surface area (Å²) in [5, 5.41) is 0. The van der Waals surface area contributed by atoms with Crippen LogP contribution in [-0.2, 0) is 11.2 Å². The van der Waals surface area contributed by atoms with Crippen molar-refractivity contribution in [3.8, 4) is 5.75 Å². The predicted molar refractivity (Wildman–Crippen MR) is 94.2 cm³/mol. The fraction of sp³-hybridized carbons (Fsp3) is 0.650. The van der Waals surface area contributed by atoms with Crippen LogP contribution in [0.4, 0.5) is 0 Å². The van der Waals surface area contributed by atoms with Gasteiger partial charge in [0, 0.05) is 32.5 Å². The zero-order chi connectivity index (χ0) is 16.6. The number of amides is 1. The summed E-state index contributed by atoms with van der Waals surface area (Å²) in [4.78, 5) is 17.2. The summed E-state index contributed by atoms with van der Waals surface area (Å²) in [5.74, 6) is 1.62. The zero-order valence-electron chi connectivity index (χ0n) is 14.7. The minimum absolute atomic E-state index is 0.0471. The van der Waals surface area contributed by atoms with Crippen LogP contribution in [0.25, 0.3) is 0 Å². The van der Waals surface area contributed by atoms with E-state index in [2.05, 4.69) is 41.1 Å². The summed E-state index contributed by atoms with van der Waals surface area (Å²) >= 11 is 0. The maximum Gasteiger partial charge on any atom is 0.226 e. The number of hydrogen-bond acceptors (Lipinski definition) is 3. The summed E-state index contributed by atoms with van der Waals surface area (Å²) in [6, 6.07) is 8.39. The molecule has 0 bridgehead atoms. The molecule has 3 aliphatic rings. The van der Waals surface area contributed by atoms with Crippen molar-refractivity contribution >= 4 is 5.91 Å². The predicted octanol–water partition coefficient (Wildman–Crippen LogP) is 2.71.